The van der Waals surface area contributed by atoms with Crippen LogP contribution in [0.1, 0.15) is 85.0 Å². The summed E-state index contributed by atoms with van der Waals surface area (Å²) in [5, 5.41) is 8.35. The third-order valence-corrected chi connectivity index (χ3v) is 8.51. The molecule has 11 nitrogen and oxygen atoms in total. The quantitative estimate of drug-likeness (QED) is 0.368. The van der Waals surface area contributed by atoms with Crippen molar-refractivity contribution in [1.29, 1.82) is 0 Å². The fraction of sp³-hybridized carbons (Fsp3) is 0.815. The highest BCUT2D eigenvalue weighted by Gasteiger charge is 2.53. The number of ether oxygens (including phenoxy) is 1. The molecule has 5 N–H and O–H groups in total. The van der Waals surface area contributed by atoms with E-state index in [1.54, 1.807) is 25.7 Å². The molecule has 0 aromatic carbocycles. The first-order valence-electron chi connectivity index (χ1n) is 14.1. The smallest absolute Gasteiger partial charge is 0.408 e. The largest absolute Gasteiger partial charge is 0.444 e. The minimum absolute atomic E-state index is 0.0270. The van der Waals surface area contributed by atoms with Crippen LogP contribution in [-0.4, -0.2) is 70.9 Å². The van der Waals surface area contributed by atoms with Crippen molar-refractivity contribution in [1.82, 2.24) is 20.9 Å². The van der Waals surface area contributed by atoms with E-state index < -0.39 is 41.6 Å². The van der Waals surface area contributed by atoms with Crippen LogP contribution in [0.2, 0.25) is 0 Å². The molecule has 2 aliphatic heterocycles. The number of alkyl carbamates (subject to hydrolysis) is 1. The van der Waals surface area contributed by atoms with E-state index in [9.17, 15) is 24.0 Å². The number of likely N-dealkylation sites (tertiary alicyclic amines) is 1. The molecule has 0 radical (unpaired) electrons. The third-order valence-electron chi connectivity index (χ3n) is 8.51. The van der Waals surface area contributed by atoms with Crippen LogP contribution in [0, 0.1) is 17.8 Å². The second-order valence-electron chi connectivity index (χ2n) is 12.4. The molecular weight excluding hydrogens is 490 g/mol. The Bertz CT molecular complexity index is 943. The number of carbonyl (C=O) groups is 5. The second kappa shape index (κ2) is 11.5. The molecule has 0 spiro atoms. The monoisotopic (exact) mass is 533 g/mol. The highest BCUT2D eigenvalue weighted by atomic mass is 16.6. The number of hydrogen-bond acceptors (Lipinski definition) is 6. The van der Waals surface area contributed by atoms with Gasteiger partial charge in [-0.05, 0) is 77.6 Å². The van der Waals surface area contributed by atoms with Gasteiger partial charge in [-0.1, -0.05) is 19.3 Å². The number of nitrogens with one attached hydrogen (secondary N) is 3. The number of rotatable bonds is 8. The summed E-state index contributed by atoms with van der Waals surface area (Å²) >= 11 is 0. The molecule has 0 aromatic rings. The minimum atomic E-state index is -0.999. The Morgan fingerprint density at radius 3 is 2.37 bits per heavy atom. The van der Waals surface area contributed by atoms with Gasteiger partial charge in [-0.15, -0.1) is 0 Å². The Hall–Kier alpha value is -2.85. The van der Waals surface area contributed by atoms with Gasteiger partial charge in [-0.3, -0.25) is 19.2 Å². The molecule has 4 fully saturated rings. The van der Waals surface area contributed by atoms with Gasteiger partial charge in [0.1, 0.15) is 23.7 Å². The summed E-state index contributed by atoms with van der Waals surface area (Å²) in [5.74, 6) is -1.99. The van der Waals surface area contributed by atoms with Gasteiger partial charge < -0.3 is 31.3 Å². The maximum atomic E-state index is 14.1. The van der Waals surface area contributed by atoms with Gasteiger partial charge in [0, 0.05) is 18.5 Å². The number of nitrogens with zero attached hydrogens (tertiary/aromatic N) is 1. The summed E-state index contributed by atoms with van der Waals surface area (Å²) in [4.78, 5) is 66.4. The number of nitrogens with two attached hydrogens (primary N) is 1. The number of piperidine rings is 1. The van der Waals surface area contributed by atoms with Crippen LogP contribution in [-0.2, 0) is 23.9 Å². The van der Waals surface area contributed by atoms with E-state index in [4.69, 9.17) is 10.5 Å². The fourth-order valence-corrected chi connectivity index (χ4v) is 6.74. The molecule has 0 unspecified atom stereocenters. The van der Waals surface area contributed by atoms with Crippen LogP contribution in [0.15, 0.2) is 0 Å². The number of amides is 5. The average Bonchev–Trinajstić information content (AvgIpc) is 3.57. The van der Waals surface area contributed by atoms with Gasteiger partial charge in [0.25, 0.3) is 0 Å². The summed E-state index contributed by atoms with van der Waals surface area (Å²) in [5.41, 5.74) is 4.89. The van der Waals surface area contributed by atoms with E-state index in [1.807, 2.05) is 0 Å². The third kappa shape index (κ3) is 6.40. The average molecular weight is 534 g/mol. The van der Waals surface area contributed by atoms with E-state index >= 15 is 0 Å². The van der Waals surface area contributed by atoms with Gasteiger partial charge >= 0.3 is 6.09 Å². The van der Waals surface area contributed by atoms with E-state index in [-0.39, 0.29) is 42.0 Å². The van der Waals surface area contributed by atoms with Gasteiger partial charge in [0.15, 0.2) is 0 Å². The van der Waals surface area contributed by atoms with E-state index in [0.29, 0.717) is 19.4 Å². The number of fused-ring (bicyclic) bond motifs is 2. The van der Waals surface area contributed by atoms with Crippen LogP contribution < -0.4 is 21.7 Å². The summed E-state index contributed by atoms with van der Waals surface area (Å²) < 4.78 is 5.47. The summed E-state index contributed by atoms with van der Waals surface area (Å²) in [7, 11) is 0. The molecule has 2 aliphatic carbocycles. The standard InChI is InChI=1S/C27H43N5O6/c1-27(2,3)38-26(37)31-20(15-7-5-4-6-8-15)25(36)32-18-10-9-16(13-18)21(32)24(35)30-19(22(28)33)14-17-11-12-29-23(17)34/h15-21H,4-14H2,1-3H3,(H2,28,33)(H,29,34)(H,30,35)(H,31,37)/t16-,17-,18+,19-,20-,21-/m0/s1. The zero-order chi connectivity index (χ0) is 27.6. The van der Waals surface area contributed by atoms with Crippen LogP contribution in [0.3, 0.4) is 0 Å². The lowest BCUT2D eigenvalue weighted by Crippen LogP contribution is -2.61. The highest BCUT2D eigenvalue weighted by molar-refractivity contribution is 5.95. The van der Waals surface area contributed by atoms with Crippen LogP contribution in [0.25, 0.3) is 0 Å². The molecule has 5 amide bonds. The Morgan fingerprint density at radius 2 is 1.76 bits per heavy atom. The van der Waals surface area contributed by atoms with Crippen LogP contribution in [0.4, 0.5) is 4.79 Å². The predicted molar refractivity (Wildman–Crippen MR) is 138 cm³/mol. The van der Waals surface area contributed by atoms with Crippen molar-refractivity contribution >= 4 is 29.7 Å². The first kappa shape index (κ1) is 28.2. The molecule has 6 atom stereocenters. The highest BCUT2D eigenvalue weighted by Crippen LogP contribution is 2.43. The topological polar surface area (TPSA) is 160 Å². The van der Waals surface area contributed by atoms with Gasteiger partial charge in [0.2, 0.25) is 23.6 Å². The van der Waals surface area contributed by atoms with Crippen molar-refractivity contribution in [2.75, 3.05) is 6.54 Å². The lowest BCUT2D eigenvalue weighted by atomic mass is 9.83. The van der Waals surface area contributed by atoms with Crippen molar-refractivity contribution in [2.45, 2.75) is 115 Å². The van der Waals surface area contributed by atoms with Gasteiger partial charge in [-0.25, -0.2) is 4.79 Å². The molecule has 11 heteroatoms. The SMILES string of the molecule is CC(C)(C)OC(=O)N[C@H](C(=O)N1[C@@H]2CC[C@@H](C2)[C@H]1C(=O)N[C@@H](C[C@@H]1CCNC1=O)C(N)=O)C1CCCCC1. The molecule has 38 heavy (non-hydrogen) atoms. The lowest BCUT2D eigenvalue weighted by Gasteiger charge is -2.40. The zero-order valence-corrected chi connectivity index (χ0v) is 22.8. The minimum Gasteiger partial charge on any atom is -0.444 e. The van der Waals surface area contributed by atoms with Crippen molar-refractivity contribution in [2.24, 2.45) is 23.5 Å². The first-order valence-corrected chi connectivity index (χ1v) is 14.1. The van der Waals surface area contributed by atoms with E-state index in [2.05, 4.69) is 16.0 Å². The van der Waals surface area contributed by atoms with Crippen molar-refractivity contribution < 1.29 is 28.7 Å². The molecule has 2 saturated carbocycles. The number of carbonyl (C=O) groups excluding carboxylic acids is 5. The second-order valence-corrected chi connectivity index (χ2v) is 12.4. The number of hydrogen-bond donors (Lipinski definition) is 4. The van der Waals surface area contributed by atoms with Crippen LogP contribution in [0.5, 0.6) is 0 Å². The lowest BCUT2D eigenvalue weighted by molar-refractivity contribution is -0.146. The normalized spacial score (nSPS) is 28.9. The Kier molecular flexibility index (Phi) is 8.52. The number of primary amides is 1. The molecule has 2 heterocycles. The molecule has 4 aliphatic rings. The van der Waals surface area contributed by atoms with E-state index in [0.717, 1.165) is 44.9 Å². The first-order chi connectivity index (χ1) is 17.9. The molecule has 0 aromatic heterocycles. The van der Waals surface area contributed by atoms with Crippen molar-refractivity contribution in [3.63, 3.8) is 0 Å². The van der Waals surface area contributed by atoms with Crippen molar-refractivity contribution in [3.05, 3.63) is 0 Å². The summed E-state index contributed by atoms with van der Waals surface area (Å²) in [6.07, 6.45) is 7.08. The van der Waals surface area contributed by atoms with E-state index in [1.165, 1.54) is 0 Å². The zero-order valence-electron chi connectivity index (χ0n) is 22.8. The Labute approximate surface area is 224 Å². The van der Waals surface area contributed by atoms with Gasteiger partial charge in [0.05, 0.1) is 0 Å². The Morgan fingerprint density at radius 1 is 1.05 bits per heavy atom. The molecule has 4 rings (SSSR count). The summed E-state index contributed by atoms with van der Waals surface area (Å²) in [6.45, 7) is 5.85. The maximum absolute atomic E-state index is 14.1. The van der Waals surface area contributed by atoms with Gasteiger partial charge in [-0.2, -0.15) is 0 Å². The fourth-order valence-electron chi connectivity index (χ4n) is 6.74. The maximum Gasteiger partial charge on any atom is 0.408 e. The van der Waals surface area contributed by atoms with Crippen molar-refractivity contribution in [3.8, 4) is 0 Å². The van der Waals surface area contributed by atoms with Crippen LogP contribution >= 0.6 is 0 Å². The molecule has 2 saturated heterocycles. The Balaban J connectivity index is 1.52. The molecule has 2 bridgehead atoms. The molecule has 212 valence electrons. The summed E-state index contributed by atoms with van der Waals surface area (Å²) in [6, 6.07) is -2.62. The molecular formula is C27H43N5O6. The predicted octanol–water partition coefficient (Wildman–Crippen LogP) is 1.34.